The lowest BCUT2D eigenvalue weighted by Crippen LogP contribution is -2.10. The summed E-state index contributed by atoms with van der Waals surface area (Å²) in [7, 11) is 0. The van der Waals surface area contributed by atoms with Crippen molar-refractivity contribution < 1.29 is 5.11 Å². The fraction of sp³-hybridized carbons (Fsp3) is 0.0769. The summed E-state index contributed by atoms with van der Waals surface area (Å²) in [5, 5.41) is 11.3. The van der Waals surface area contributed by atoms with Gasteiger partial charge >= 0.3 is 0 Å². The molecule has 1 aromatic carbocycles. The summed E-state index contributed by atoms with van der Waals surface area (Å²) in [6.07, 6.45) is 8.19. The molecule has 1 heteroatoms. The molecule has 0 fully saturated rings. The third-order valence-corrected chi connectivity index (χ3v) is 2.30. The van der Waals surface area contributed by atoms with Crippen LogP contribution in [-0.4, -0.2) is 5.11 Å². The summed E-state index contributed by atoms with van der Waals surface area (Å²) in [6, 6.07) is 7.89. The fourth-order valence-corrected chi connectivity index (χ4v) is 1.47. The molecule has 1 aliphatic rings. The molecule has 0 heterocycles. The topological polar surface area (TPSA) is 20.2 Å². The van der Waals surface area contributed by atoms with E-state index in [-0.39, 0.29) is 0 Å². The Morgan fingerprint density at radius 3 is 2.07 bits per heavy atom. The molecule has 0 saturated heterocycles. The Morgan fingerprint density at radius 2 is 1.57 bits per heavy atom. The highest BCUT2D eigenvalue weighted by molar-refractivity contribution is 5.71. The molecule has 2 rings (SSSR count). The van der Waals surface area contributed by atoms with Crippen LogP contribution in [0.4, 0.5) is 0 Å². The van der Waals surface area contributed by atoms with Gasteiger partial charge in [-0.3, -0.25) is 0 Å². The van der Waals surface area contributed by atoms with Crippen LogP contribution >= 0.6 is 0 Å². The van der Waals surface area contributed by atoms with Crippen molar-refractivity contribution in [1.82, 2.24) is 0 Å². The molecule has 1 nitrogen and oxygen atoms in total. The van der Waals surface area contributed by atoms with Gasteiger partial charge in [-0.05, 0) is 17.7 Å². The molecule has 0 bridgehead atoms. The van der Waals surface area contributed by atoms with E-state index in [1.54, 1.807) is 6.92 Å². The summed E-state index contributed by atoms with van der Waals surface area (Å²) in [5.74, 6) is 0.360. The van der Waals surface area contributed by atoms with Crippen LogP contribution in [0, 0.1) is 0 Å². The van der Waals surface area contributed by atoms with Crippen molar-refractivity contribution in [3.63, 3.8) is 0 Å². The average Bonchev–Trinajstić information content (AvgIpc) is 2.71. The van der Waals surface area contributed by atoms with Crippen LogP contribution in [0.5, 0.6) is 0 Å². The first kappa shape index (κ1) is 8.82. The van der Waals surface area contributed by atoms with Crippen LogP contribution in [0.3, 0.4) is 0 Å². The third-order valence-electron chi connectivity index (χ3n) is 2.30. The summed E-state index contributed by atoms with van der Waals surface area (Å²) in [6.45, 7) is 1.69. The zero-order chi connectivity index (χ0) is 9.97. The van der Waals surface area contributed by atoms with Crippen molar-refractivity contribution in [2.45, 2.75) is 6.92 Å². The fourth-order valence-electron chi connectivity index (χ4n) is 1.47. The second-order valence-corrected chi connectivity index (χ2v) is 3.34. The Balaban J connectivity index is 2.61. The van der Waals surface area contributed by atoms with E-state index < -0.39 is 0 Å². The number of allylic oxidation sites excluding steroid dienone is 4. The van der Waals surface area contributed by atoms with Crippen molar-refractivity contribution in [2.24, 2.45) is 0 Å². The van der Waals surface area contributed by atoms with Gasteiger partial charge in [0.1, 0.15) is 0 Å². The van der Waals surface area contributed by atoms with Crippen LogP contribution in [0.1, 0.15) is 6.92 Å². The number of benzene rings is 1. The predicted octanol–water partition coefficient (Wildman–Crippen LogP) is 1.65. The molecule has 14 heavy (non-hydrogen) atoms. The first-order valence-corrected chi connectivity index (χ1v) is 4.62. The molecule has 0 spiro atoms. The minimum atomic E-state index is 0.360. The van der Waals surface area contributed by atoms with Gasteiger partial charge in [-0.1, -0.05) is 48.6 Å². The van der Waals surface area contributed by atoms with Gasteiger partial charge in [0.05, 0.1) is 5.76 Å². The molecule has 70 valence electrons. The zero-order valence-corrected chi connectivity index (χ0v) is 8.07. The molecule has 0 atom stereocenters. The van der Waals surface area contributed by atoms with E-state index in [4.69, 9.17) is 0 Å². The molecule has 0 radical (unpaired) electrons. The number of rotatable bonds is 0. The van der Waals surface area contributed by atoms with Gasteiger partial charge in [-0.25, -0.2) is 0 Å². The Bertz CT molecular complexity index is 477. The van der Waals surface area contributed by atoms with Crippen LogP contribution < -0.4 is 10.4 Å². The van der Waals surface area contributed by atoms with Crippen molar-refractivity contribution in [3.8, 4) is 0 Å². The third kappa shape index (κ3) is 1.62. The number of aliphatic hydroxyl groups excluding tert-OH is 1. The van der Waals surface area contributed by atoms with E-state index in [1.807, 2.05) is 36.4 Å². The number of hydrogen-bond acceptors (Lipinski definition) is 1. The second kappa shape index (κ2) is 3.54. The largest absolute Gasteiger partial charge is 0.512 e. The number of hydrogen-bond donors (Lipinski definition) is 1. The standard InChI is InChI=1S/C13H12O/c1-10(14)11-6-8-13(9-7-11)12-4-2-3-5-12/h2-9,14H,1H3. The average molecular weight is 184 g/mol. The van der Waals surface area contributed by atoms with E-state index in [9.17, 15) is 5.11 Å². The van der Waals surface area contributed by atoms with E-state index in [0.29, 0.717) is 5.76 Å². The highest BCUT2D eigenvalue weighted by Gasteiger charge is 1.92. The van der Waals surface area contributed by atoms with Crippen molar-refractivity contribution in [3.05, 3.63) is 59.0 Å². The molecule has 0 amide bonds. The molecule has 0 saturated carbocycles. The summed E-state index contributed by atoms with van der Waals surface area (Å²) < 4.78 is 0. The van der Waals surface area contributed by atoms with E-state index in [0.717, 1.165) is 5.22 Å². The van der Waals surface area contributed by atoms with E-state index in [1.165, 1.54) is 10.8 Å². The van der Waals surface area contributed by atoms with E-state index >= 15 is 0 Å². The quantitative estimate of drug-likeness (QED) is 0.650. The van der Waals surface area contributed by atoms with Gasteiger partial charge in [0.2, 0.25) is 0 Å². The minimum Gasteiger partial charge on any atom is -0.512 e. The normalized spacial score (nSPS) is 13.6. The lowest BCUT2D eigenvalue weighted by Gasteiger charge is -1.92. The molecule has 1 aromatic rings. The lowest BCUT2D eigenvalue weighted by molar-refractivity contribution is 0.499. The Kier molecular flexibility index (Phi) is 2.23. The van der Waals surface area contributed by atoms with Crippen LogP contribution in [0.15, 0.2) is 48.6 Å². The lowest BCUT2D eigenvalue weighted by atomic mass is 10.1. The molecule has 0 unspecified atom stereocenters. The number of aliphatic hydroxyl groups is 1. The Hall–Kier alpha value is -1.76. The highest BCUT2D eigenvalue weighted by Crippen LogP contribution is 2.05. The van der Waals surface area contributed by atoms with Crippen molar-refractivity contribution in [2.75, 3.05) is 0 Å². The SMILES string of the molecule is CC(O)=c1ccc(=C2C=CC=C2)cc1. The van der Waals surface area contributed by atoms with Gasteiger partial charge in [-0.15, -0.1) is 0 Å². The first-order valence-electron chi connectivity index (χ1n) is 4.62. The Morgan fingerprint density at radius 1 is 1.00 bits per heavy atom. The van der Waals surface area contributed by atoms with Crippen LogP contribution in [0.2, 0.25) is 0 Å². The maximum Gasteiger partial charge on any atom is 0.0963 e. The van der Waals surface area contributed by atoms with Gasteiger partial charge in [-0.2, -0.15) is 0 Å². The van der Waals surface area contributed by atoms with Gasteiger partial charge in [0.15, 0.2) is 0 Å². The maximum absolute atomic E-state index is 9.26. The smallest absolute Gasteiger partial charge is 0.0963 e. The van der Waals surface area contributed by atoms with Gasteiger partial charge in [0, 0.05) is 5.22 Å². The minimum absolute atomic E-state index is 0.360. The predicted molar refractivity (Wildman–Crippen MR) is 59.1 cm³/mol. The summed E-state index contributed by atoms with van der Waals surface area (Å²) in [4.78, 5) is 0. The van der Waals surface area contributed by atoms with E-state index in [2.05, 4.69) is 12.2 Å². The second-order valence-electron chi connectivity index (χ2n) is 3.34. The molecule has 1 aliphatic carbocycles. The summed E-state index contributed by atoms with van der Waals surface area (Å²) >= 11 is 0. The van der Waals surface area contributed by atoms with Gasteiger partial charge in [0.25, 0.3) is 0 Å². The Labute approximate surface area is 83.0 Å². The van der Waals surface area contributed by atoms with Crippen LogP contribution in [-0.2, 0) is 0 Å². The summed E-state index contributed by atoms with van der Waals surface area (Å²) in [5.41, 5.74) is 1.21. The zero-order valence-electron chi connectivity index (χ0n) is 8.07. The molecule has 0 aromatic heterocycles. The van der Waals surface area contributed by atoms with Crippen molar-refractivity contribution in [1.29, 1.82) is 0 Å². The molecule has 0 aliphatic heterocycles. The highest BCUT2D eigenvalue weighted by atomic mass is 16.3. The van der Waals surface area contributed by atoms with Crippen LogP contribution in [0.25, 0.3) is 11.3 Å². The molecular formula is C13H12O. The molecule has 1 N–H and O–H groups in total. The monoisotopic (exact) mass is 184 g/mol. The van der Waals surface area contributed by atoms with Crippen molar-refractivity contribution >= 4 is 11.3 Å². The maximum atomic E-state index is 9.26. The molecular weight excluding hydrogens is 172 g/mol. The first-order chi connectivity index (χ1) is 6.77. The van der Waals surface area contributed by atoms with Gasteiger partial charge < -0.3 is 5.11 Å².